The molecule has 0 spiro atoms. The molecule has 1 rings (SSSR count). The Hall–Kier alpha value is -0.580. The molecule has 0 aliphatic carbocycles. The van der Waals surface area contributed by atoms with E-state index in [1.54, 1.807) is 12.1 Å². The van der Waals surface area contributed by atoms with Crippen LogP contribution in [-0.4, -0.2) is 21.2 Å². The van der Waals surface area contributed by atoms with Crippen molar-refractivity contribution in [1.29, 1.82) is 0 Å². The molecule has 0 atom stereocenters. The van der Waals surface area contributed by atoms with Gasteiger partial charge in [-0.2, -0.15) is 0 Å². The number of rotatable bonds is 4. The van der Waals surface area contributed by atoms with Gasteiger partial charge in [-0.15, -0.1) is 0 Å². The highest BCUT2D eigenvalue weighted by atomic mass is 35.5. The first-order chi connectivity index (χ1) is 6.95. The molecule has 0 fully saturated rings. The summed E-state index contributed by atoms with van der Waals surface area (Å²) in [5.74, 6) is 0. The van der Waals surface area contributed by atoms with Crippen molar-refractivity contribution in [2.24, 2.45) is 5.73 Å². The lowest BCUT2D eigenvalue weighted by molar-refractivity contribution is 0.602. The lowest BCUT2D eigenvalue weighted by Gasteiger charge is -2.05. The predicted molar refractivity (Wildman–Crippen MR) is 61.9 cm³/mol. The average Bonchev–Trinajstić information content (AvgIpc) is 2.14. The molecule has 15 heavy (non-hydrogen) atoms. The SMILES string of the molecule is CS(=O)(=O)c1ccc(CCCN)c(Cl)c1. The summed E-state index contributed by atoms with van der Waals surface area (Å²) in [6.45, 7) is 0.601. The van der Waals surface area contributed by atoms with E-state index in [9.17, 15) is 8.42 Å². The lowest BCUT2D eigenvalue weighted by atomic mass is 10.1. The third-order valence-electron chi connectivity index (χ3n) is 2.10. The van der Waals surface area contributed by atoms with Crippen LogP contribution in [0.1, 0.15) is 12.0 Å². The molecule has 0 bridgehead atoms. The number of nitrogens with two attached hydrogens (primary N) is 1. The smallest absolute Gasteiger partial charge is 0.175 e. The first-order valence-corrected chi connectivity index (χ1v) is 6.90. The normalized spacial score (nSPS) is 11.7. The average molecular weight is 248 g/mol. The minimum absolute atomic E-state index is 0.254. The van der Waals surface area contributed by atoms with Gasteiger partial charge < -0.3 is 5.73 Å². The Morgan fingerprint density at radius 1 is 1.40 bits per heavy atom. The van der Waals surface area contributed by atoms with E-state index in [1.807, 2.05) is 0 Å². The molecule has 0 aromatic heterocycles. The van der Waals surface area contributed by atoms with E-state index in [0.717, 1.165) is 24.7 Å². The van der Waals surface area contributed by atoms with Crippen LogP contribution in [0.4, 0.5) is 0 Å². The molecule has 2 N–H and O–H groups in total. The zero-order valence-electron chi connectivity index (χ0n) is 8.53. The first-order valence-electron chi connectivity index (χ1n) is 4.63. The number of hydrogen-bond acceptors (Lipinski definition) is 3. The van der Waals surface area contributed by atoms with Crippen molar-refractivity contribution >= 4 is 21.4 Å². The number of halogens is 1. The largest absolute Gasteiger partial charge is 0.330 e. The minimum atomic E-state index is -3.17. The Bertz CT molecular complexity index is 443. The van der Waals surface area contributed by atoms with Gasteiger partial charge in [0, 0.05) is 11.3 Å². The van der Waals surface area contributed by atoms with E-state index in [-0.39, 0.29) is 4.90 Å². The van der Waals surface area contributed by atoms with Crippen LogP contribution >= 0.6 is 11.6 Å². The second-order valence-corrected chi connectivity index (χ2v) is 5.84. The highest BCUT2D eigenvalue weighted by molar-refractivity contribution is 7.90. The van der Waals surface area contributed by atoms with Crippen LogP contribution in [0, 0.1) is 0 Å². The summed E-state index contributed by atoms with van der Waals surface area (Å²) in [7, 11) is -3.17. The molecule has 1 aromatic rings. The number of aryl methyl sites for hydroxylation is 1. The molecular formula is C10H14ClNO2S. The van der Waals surface area contributed by atoms with Crippen molar-refractivity contribution in [2.75, 3.05) is 12.8 Å². The van der Waals surface area contributed by atoms with Crippen molar-refractivity contribution in [1.82, 2.24) is 0 Å². The molecule has 0 saturated carbocycles. The topological polar surface area (TPSA) is 60.2 Å². The Morgan fingerprint density at radius 3 is 2.53 bits per heavy atom. The predicted octanol–water partition coefficient (Wildman–Crippen LogP) is 1.63. The Balaban J connectivity index is 2.99. The van der Waals surface area contributed by atoms with Crippen molar-refractivity contribution in [3.8, 4) is 0 Å². The molecule has 3 nitrogen and oxygen atoms in total. The molecule has 84 valence electrons. The summed E-state index contributed by atoms with van der Waals surface area (Å²) < 4.78 is 22.5. The minimum Gasteiger partial charge on any atom is -0.330 e. The van der Waals surface area contributed by atoms with Gasteiger partial charge in [-0.25, -0.2) is 8.42 Å². The van der Waals surface area contributed by atoms with Crippen LogP contribution in [0.25, 0.3) is 0 Å². The van der Waals surface area contributed by atoms with E-state index in [1.165, 1.54) is 6.07 Å². The monoisotopic (exact) mass is 247 g/mol. The number of benzene rings is 1. The van der Waals surface area contributed by atoms with Crippen LogP contribution in [0.2, 0.25) is 5.02 Å². The van der Waals surface area contributed by atoms with Gasteiger partial charge in [0.05, 0.1) is 4.90 Å². The summed E-state index contributed by atoms with van der Waals surface area (Å²) in [5.41, 5.74) is 6.33. The molecule has 5 heteroatoms. The highest BCUT2D eigenvalue weighted by Gasteiger charge is 2.09. The van der Waals surface area contributed by atoms with Gasteiger partial charge in [0.1, 0.15) is 0 Å². The Labute approximate surface area is 95.2 Å². The van der Waals surface area contributed by atoms with Crippen LogP contribution in [0.15, 0.2) is 23.1 Å². The highest BCUT2D eigenvalue weighted by Crippen LogP contribution is 2.21. The summed E-state index contributed by atoms with van der Waals surface area (Å²) in [4.78, 5) is 0.254. The summed E-state index contributed by atoms with van der Waals surface area (Å²) in [6, 6.07) is 4.81. The van der Waals surface area contributed by atoms with Gasteiger partial charge in [0.2, 0.25) is 0 Å². The number of sulfone groups is 1. The summed E-state index contributed by atoms with van der Waals surface area (Å²) in [5, 5.41) is 0.492. The zero-order valence-corrected chi connectivity index (χ0v) is 10.1. The zero-order chi connectivity index (χ0) is 11.5. The molecule has 0 heterocycles. The van der Waals surface area contributed by atoms with Gasteiger partial charge in [0.15, 0.2) is 9.84 Å². The van der Waals surface area contributed by atoms with Gasteiger partial charge in [-0.1, -0.05) is 17.7 Å². The lowest BCUT2D eigenvalue weighted by Crippen LogP contribution is -2.02. The van der Waals surface area contributed by atoms with Crippen molar-refractivity contribution < 1.29 is 8.42 Å². The third kappa shape index (κ3) is 3.48. The Morgan fingerprint density at radius 2 is 2.07 bits per heavy atom. The van der Waals surface area contributed by atoms with E-state index >= 15 is 0 Å². The molecule has 0 unspecified atom stereocenters. The maximum Gasteiger partial charge on any atom is 0.175 e. The number of hydrogen-bond donors (Lipinski definition) is 1. The van der Waals surface area contributed by atoms with Crippen LogP contribution in [-0.2, 0) is 16.3 Å². The van der Waals surface area contributed by atoms with E-state index in [0.29, 0.717) is 11.6 Å². The maximum atomic E-state index is 11.2. The standard InChI is InChI=1S/C10H14ClNO2S/c1-15(13,14)9-5-4-8(3-2-6-12)10(11)7-9/h4-5,7H,2-3,6,12H2,1H3. The molecule has 0 amide bonds. The van der Waals surface area contributed by atoms with E-state index in [2.05, 4.69) is 0 Å². The molecule has 0 aliphatic rings. The maximum absolute atomic E-state index is 11.2. The molecule has 1 aromatic carbocycles. The van der Waals surface area contributed by atoms with Crippen LogP contribution < -0.4 is 5.73 Å². The second kappa shape index (κ2) is 4.96. The Kier molecular flexibility index (Phi) is 4.13. The van der Waals surface area contributed by atoms with Gasteiger partial charge in [-0.05, 0) is 37.1 Å². The van der Waals surface area contributed by atoms with Gasteiger partial charge in [-0.3, -0.25) is 0 Å². The fourth-order valence-corrected chi connectivity index (χ4v) is 2.24. The van der Waals surface area contributed by atoms with Gasteiger partial charge in [0.25, 0.3) is 0 Å². The quantitative estimate of drug-likeness (QED) is 0.880. The first kappa shape index (κ1) is 12.5. The van der Waals surface area contributed by atoms with E-state index < -0.39 is 9.84 Å². The fourth-order valence-electron chi connectivity index (χ4n) is 1.25. The summed E-state index contributed by atoms with van der Waals surface area (Å²) in [6.07, 6.45) is 2.79. The molecular weight excluding hydrogens is 234 g/mol. The van der Waals surface area contributed by atoms with Crippen LogP contribution in [0.3, 0.4) is 0 Å². The fraction of sp³-hybridized carbons (Fsp3) is 0.400. The molecule has 0 aliphatic heterocycles. The van der Waals surface area contributed by atoms with Gasteiger partial charge >= 0.3 is 0 Å². The van der Waals surface area contributed by atoms with Crippen molar-refractivity contribution in [2.45, 2.75) is 17.7 Å². The molecule has 0 saturated heterocycles. The third-order valence-corrected chi connectivity index (χ3v) is 3.57. The summed E-state index contributed by atoms with van der Waals surface area (Å²) >= 11 is 5.97. The van der Waals surface area contributed by atoms with Crippen LogP contribution in [0.5, 0.6) is 0 Å². The molecule has 0 radical (unpaired) electrons. The van der Waals surface area contributed by atoms with Crippen molar-refractivity contribution in [3.63, 3.8) is 0 Å². The second-order valence-electron chi connectivity index (χ2n) is 3.42. The van der Waals surface area contributed by atoms with Crippen molar-refractivity contribution in [3.05, 3.63) is 28.8 Å². The van der Waals surface area contributed by atoms with E-state index in [4.69, 9.17) is 17.3 Å².